The zero-order valence-electron chi connectivity index (χ0n) is 10.4. The normalized spacial score (nSPS) is 23.7. The van der Waals surface area contributed by atoms with Gasteiger partial charge >= 0.3 is 0 Å². The van der Waals surface area contributed by atoms with Crippen LogP contribution in [0.5, 0.6) is 0 Å². The zero-order chi connectivity index (χ0) is 13.1. The van der Waals surface area contributed by atoms with Crippen molar-refractivity contribution >= 4 is 29.3 Å². The summed E-state index contributed by atoms with van der Waals surface area (Å²) >= 11 is 7.85. The van der Waals surface area contributed by atoms with Gasteiger partial charge in [0.15, 0.2) is 0 Å². The first-order valence-corrected chi connectivity index (χ1v) is 7.16. The van der Waals surface area contributed by atoms with E-state index in [-0.39, 0.29) is 16.5 Å². The number of carbonyl (C=O) groups is 1. The third kappa shape index (κ3) is 2.66. The zero-order valence-corrected chi connectivity index (χ0v) is 12.0. The van der Waals surface area contributed by atoms with E-state index in [1.807, 2.05) is 36.1 Å². The number of ether oxygens (including phenoxy) is 1. The van der Waals surface area contributed by atoms with Gasteiger partial charge in [0.1, 0.15) is 5.37 Å². The molecule has 0 aliphatic carbocycles. The monoisotopic (exact) mass is 285 g/mol. The lowest BCUT2D eigenvalue weighted by Gasteiger charge is -2.24. The van der Waals surface area contributed by atoms with Crippen LogP contribution in [-0.4, -0.2) is 36.3 Å². The number of rotatable bonds is 4. The molecule has 0 spiro atoms. The van der Waals surface area contributed by atoms with Crippen LogP contribution in [0, 0.1) is 0 Å². The predicted molar refractivity (Wildman–Crippen MR) is 74.8 cm³/mol. The Morgan fingerprint density at radius 3 is 2.83 bits per heavy atom. The van der Waals surface area contributed by atoms with Gasteiger partial charge in [0, 0.05) is 24.2 Å². The second-order valence-corrected chi connectivity index (χ2v) is 6.01. The number of hydrogen-bond acceptors (Lipinski definition) is 3. The van der Waals surface area contributed by atoms with Crippen LogP contribution in [0.1, 0.15) is 17.9 Å². The molecule has 1 heterocycles. The van der Waals surface area contributed by atoms with E-state index in [9.17, 15) is 4.79 Å². The standard InChI is InChI=1S/C13H16ClNO2S/c1-9-12(16)15(7-8-17-2)13(18-9)10-5-3-4-6-11(10)14/h3-6,9,13H,7-8H2,1-2H3. The number of carbonyl (C=O) groups excluding carboxylic acids is 1. The first kappa shape index (κ1) is 13.7. The van der Waals surface area contributed by atoms with E-state index in [1.165, 1.54) is 0 Å². The SMILES string of the molecule is COCCN1C(=O)C(C)SC1c1ccccc1Cl. The van der Waals surface area contributed by atoms with E-state index in [0.717, 1.165) is 5.56 Å². The first-order valence-electron chi connectivity index (χ1n) is 5.84. The summed E-state index contributed by atoms with van der Waals surface area (Å²) in [7, 11) is 1.64. The van der Waals surface area contributed by atoms with Crippen molar-refractivity contribution in [3.05, 3.63) is 34.9 Å². The van der Waals surface area contributed by atoms with Crippen LogP contribution >= 0.6 is 23.4 Å². The van der Waals surface area contributed by atoms with Gasteiger partial charge in [0.05, 0.1) is 11.9 Å². The summed E-state index contributed by atoms with van der Waals surface area (Å²) in [5.74, 6) is 0.155. The quantitative estimate of drug-likeness (QED) is 0.852. The number of hydrogen-bond donors (Lipinski definition) is 0. The molecule has 0 bridgehead atoms. The maximum absolute atomic E-state index is 12.1. The van der Waals surface area contributed by atoms with Crippen LogP contribution in [0.25, 0.3) is 0 Å². The van der Waals surface area contributed by atoms with Crippen molar-refractivity contribution in [2.75, 3.05) is 20.3 Å². The van der Waals surface area contributed by atoms with Crippen LogP contribution in [0.4, 0.5) is 0 Å². The maximum Gasteiger partial charge on any atom is 0.236 e. The molecule has 98 valence electrons. The van der Waals surface area contributed by atoms with E-state index in [4.69, 9.17) is 16.3 Å². The molecule has 0 saturated carbocycles. The molecule has 1 saturated heterocycles. The molecule has 5 heteroatoms. The Hall–Kier alpha value is -0.710. The highest BCUT2D eigenvalue weighted by Gasteiger charge is 2.38. The predicted octanol–water partition coefficient (Wildman–Crippen LogP) is 2.95. The van der Waals surface area contributed by atoms with Crippen molar-refractivity contribution < 1.29 is 9.53 Å². The Morgan fingerprint density at radius 1 is 1.44 bits per heavy atom. The molecule has 2 rings (SSSR count). The summed E-state index contributed by atoms with van der Waals surface area (Å²) in [5, 5.41) is 0.679. The molecule has 0 radical (unpaired) electrons. The highest BCUT2D eigenvalue weighted by atomic mass is 35.5. The van der Waals surface area contributed by atoms with Crippen LogP contribution in [0.2, 0.25) is 5.02 Å². The highest BCUT2D eigenvalue weighted by molar-refractivity contribution is 8.01. The van der Waals surface area contributed by atoms with Gasteiger partial charge in [-0.2, -0.15) is 0 Å². The third-order valence-corrected chi connectivity index (χ3v) is 4.67. The number of methoxy groups -OCH3 is 1. The summed E-state index contributed by atoms with van der Waals surface area (Å²) in [5.41, 5.74) is 0.998. The third-order valence-electron chi connectivity index (χ3n) is 2.95. The smallest absolute Gasteiger partial charge is 0.236 e. The minimum atomic E-state index is -0.0249. The molecule has 1 fully saturated rings. The molecule has 1 amide bonds. The molecule has 3 nitrogen and oxygen atoms in total. The number of amides is 1. The fraction of sp³-hybridized carbons (Fsp3) is 0.462. The molecule has 2 unspecified atom stereocenters. The summed E-state index contributed by atoms with van der Waals surface area (Å²) in [4.78, 5) is 14.0. The Labute approximate surface area is 116 Å². The Kier molecular flexibility index (Phi) is 4.54. The van der Waals surface area contributed by atoms with E-state index in [1.54, 1.807) is 18.9 Å². The second kappa shape index (κ2) is 5.95. The Balaban J connectivity index is 2.25. The summed E-state index contributed by atoms with van der Waals surface area (Å²) in [6.07, 6.45) is 0. The number of thioether (sulfide) groups is 1. The van der Waals surface area contributed by atoms with E-state index < -0.39 is 0 Å². The molecule has 1 aromatic rings. The average Bonchev–Trinajstić information content (AvgIpc) is 2.64. The van der Waals surface area contributed by atoms with Crippen LogP contribution in [0.3, 0.4) is 0 Å². The molecule has 0 N–H and O–H groups in total. The van der Waals surface area contributed by atoms with Gasteiger partial charge in [-0.3, -0.25) is 4.79 Å². The summed E-state index contributed by atoms with van der Waals surface area (Å²) < 4.78 is 5.07. The lowest BCUT2D eigenvalue weighted by atomic mass is 10.2. The molecule has 1 aliphatic heterocycles. The number of nitrogens with zero attached hydrogens (tertiary/aromatic N) is 1. The van der Waals surface area contributed by atoms with Gasteiger partial charge in [-0.25, -0.2) is 0 Å². The van der Waals surface area contributed by atoms with Crippen molar-refractivity contribution in [2.24, 2.45) is 0 Å². The van der Waals surface area contributed by atoms with Crippen LogP contribution < -0.4 is 0 Å². The molecular weight excluding hydrogens is 270 g/mol. The van der Waals surface area contributed by atoms with Gasteiger partial charge in [-0.15, -0.1) is 11.8 Å². The van der Waals surface area contributed by atoms with Gasteiger partial charge in [0.25, 0.3) is 0 Å². The van der Waals surface area contributed by atoms with E-state index in [0.29, 0.717) is 18.2 Å². The minimum absolute atomic E-state index is 0.00338. The fourth-order valence-corrected chi connectivity index (χ4v) is 3.66. The highest BCUT2D eigenvalue weighted by Crippen LogP contribution is 2.44. The summed E-state index contributed by atoms with van der Waals surface area (Å²) in [6, 6.07) is 7.68. The number of benzene rings is 1. The lowest BCUT2D eigenvalue weighted by Crippen LogP contribution is -2.33. The molecule has 0 aromatic heterocycles. The second-order valence-electron chi connectivity index (χ2n) is 4.18. The molecule has 2 atom stereocenters. The Morgan fingerprint density at radius 2 is 2.17 bits per heavy atom. The topological polar surface area (TPSA) is 29.5 Å². The average molecular weight is 286 g/mol. The summed E-state index contributed by atoms with van der Waals surface area (Å²) in [6.45, 7) is 3.08. The number of halogens is 1. The molecular formula is C13H16ClNO2S. The van der Waals surface area contributed by atoms with Gasteiger partial charge in [-0.1, -0.05) is 29.8 Å². The van der Waals surface area contributed by atoms with Crippen molar-refractivity contribution in [1.29, 1.82) is 0 Å². The van der Waals surface area contributed by atoms with E-state index in [2.05, 4.69) is 0 Å². The fourth-order valence-electron chi connectivity index (χ4n) is 2.01. The van der Waals surface area contributed by atoms with E-state index >= 15 is 0 Å². The van der Waals surface area contributed by atoms with Gasteiger partial charge in [0.2, 0.25) is 5.91 Å². The van der Waals surface area contributed by atoms with Crippen LogP contribution in [0.15, 0.2) is 24.3 Å². The maximum atomic E-state index is 12.1. The largest absolute Gasteiger partial charge is 0.383 e. The van der Waals surface area contributed by atoms with Crippen molar-refractivity contribution in [1.82, 2.24) is 4.90 Å². The molecule has 18 heavy (non-hydrogen) atoms. The van der Waals surface area contributed by atoms with Gasteiger partial charge < -0.3 is 9.64 Å². The molecule has 1 aliphatic rings. The minimum Gasteiger partial charge on any atom is -0.383 e. The van der Waals surface area contributed by atoms with Crippen molar-refractivity contribution in [3.63, 3.8) is 0 Å². The van der Waals surface area contributed by atoms with Gasteiger partial charge in [-0.05, 0) is 13.0 Å². The van der Waals surface area contributed by atoms with Crippen LogP contribution in [-0.2, 0) is 9.53 Å². The Bertz CT molecular complexity index is 441. The first-order chi connectivity index (χ1) is 8.65. The van der Waals surface area contributed by atoms with Crippen molar-refractivity contribution in [2.45, 2.75) is 17.5 Å². The lowest BCUT2D eigenvalue weighted by molar-refractivity contribution is -0.130. The van der Waals surface area contributed by atoms with Crippen molar-refractivity contribution in [3.8, 4) is 0 Å². The molecule has 1 aromatic carbocycles.